The summed E-state index contributed by atoms with van der Waals surface area (Å²) >= 11 is 0. The molecular formula is C17H20N4O3. The van der Waals surface area contributed by atoms with Crippen molar-refractivity contribution in [3.05, 3.63) is 24.1 Å². The first kappa shape index (κ1) is 16.1. The van der Waals surface area contributed by atoms with Crippen molar-refractivity contribution in [3.63, 3.8) is 0 Å². The van der Waals surface area contributed by atoms with Gasteiger partial charge in [0.15, 0.2) is 5.76 Å². The average molecular weight is 328 g/mol. The van der Waals surface area contributed by atoms with Crippen molar-refractivity contribution < 1.29 is 13.6 Å². The molecule has 0 radical (unpaired) electrons. The zero-order chi connectivity index (χ0) is 17.1. The monoisotopic (exact) mass is 328 g/mol. The van der Waals surface area contributed by atoms with Gasteiger partial charge in [-0.15, -0.1) is 0 Å². The first-order valence-electron chi connectivity index (χ1n) is 8.08. The zero-order valence-corrected chi connectivity index (χ0v) is 13.8. The van der Waals surface area contributed by atoms with Crippen molar-refractivity contribution in [1.82, 2.24) is 10.3 Å². The fourth-order valence-corrected chi connectivity index (χ4v) is 2.85. The standard InChI is InChI=1S/C17H20N4O3/c1-11(2)19-15(22)12-5-7-21(8-6-12)17-13(10-18)20-16(24-17)14-4-3-9-23-14/h3-4,9,11-12H,5-8H2,1-2H3,(H,19,22). The molecule has 0 aromatic carbocycles. The highest BCUT2D eigenvalue weighted by atomic mass is 16.4. The molecule has 1 amide bonds. The highest BCUT2D eigenvalue weighted by Crippen LogP contribution is 2.31. The lowest BCUT2D eigenvalue weighted by atomic mass is 9.95. The topological polar surface area (TPSA) is 95.3 Å². The van der Waals surface area contributed by atoms with Crippen LogP contribution in [0.25, 0.3) is 11.7 Å². The van der Waals surface area contributed by atoms with Gasteiger partial charge < -0.3 is 19.1 Å². The molecular weight excluding hydrogens is 308 g/mol. The lowest BCUT2D eigenvalue weighted by Gasteiger charge is -2.31. The normalized spacial score (nSPS) is 15.5. The maximum absolute atomic E-state index is 12.1. The average Bonchev–Trinajstić information content (AvgIpc) is 3.23. The second-order valence-electron chi connectivity index (χ2n) is 6.19. The van der Waals surface area contributed by atoms with Crippen LogP contribution >= 0.6 is 0 Å². The maximum atomic E-state index is 12.1. The number of hydrogen-bond acceptors (Lipinski definition) is 6. The number of oxazole rings is 1. The Morgan fingerprint density at radius 2 is 2.21 bits per heavy atom. The van der Waals surface area contributed by atoms with Crippen molar-refractivity contribution in [3.8, 4) is 17.7 Å². The number of furan rings is 1. The van der Waals surface area contributed by atoms with Crippen molar-refractivity contribution in [2.75, 3.05) is 18.0 Å². The van der Waals surface area contributed by atoms with E-state index in [2.05, 4.69) is 16.4 Å². The third kappa shape index (κ3) is 3.27. The Hall–Kier alpha value is -2.75. The van der Waals surface area contributed by atoms with Gasteiger partial charge in [-0.25, -0.2) is 0 Å². The van der Waals surface area contributed by atoms with E-state index in [9.17, 15) is 10.1 Å². The molecule has 1 N–H and O–H groups in total. The molecule has 0 spiro atoms. The van der Waals surface area contributed by atoms with E-state index in [1.807, 2.05) is 18.7 Å². The Bertz CT molecular complexity index is 734. The van der Waals surface area contributed by atoms with Crippen molar-refractivity contribution >= 4 is 11.8 Å². The van der Waals surface area contributed by atoms with Crippen LogP contribution < -0.4 is 10.2 Å². The van der Waals surface area contributed by atoms with Gasteiger partial charge in [0, 0.05) is 25.0 Å². The Kier molecular flexibility index (Phi) is 4.56. The van der Waals surface area contributed by atoms with E-state index in [1.54, 1.807) is 12.1 Å². The molecule has 1 aliphatic heterocycles. The number of amides is 1. The molecule has 0 aliphatic carbocycles. The van der Waals surface area contributed by atoms with Gasteiger partial charge in [0.1, 0.15) is 6.07 Å². The molecule has 3 heterocycles. The SMILES string of the molecule is CC(C)NC(=O)C1CCN(c2oc(-c3ccco3)nc2C#N)CC1. The Labute approximate surface area is 140 Å². The van der Waals surface area contributed by atoms with Crippen molar-refractivity contribution in [2.45, 2.75) is 32.7 Å². The molecule has 2 aromatic rings. The molecule has 0 saturated carbocycles. The van der Waals surface area contributed by atoms with Crippen LogP contribution in [-0.4, -0.2) is 30.0 Å². The first-order valence-corrected chi connectivity index (χ1v) is 8.08. The van der Waals surface area contributed by atoms with E-state index in [1.165, 1.54) is 6.26 Å². The van der Waals surface area contributed by atoms with Gasteiger partial charge in [0.05, 0.1) is 6.26 Å². The van der Waals surface area contributed by atoms with Crippen LogP contribution in [0, 0.1) is 17.2 Å². The molecule has 2 aromatic heterocycles. The van der Waals surface area contributed by atoms with Gasteiger partial charge >= 0.3 is 0 Å². The number of nitrogens with zero attached hydrogens (tertiary/aromatic N) is 3. The highest BCUT2D eigenvalue weighted by molar-refractivity contribution is 5.79. The lowest BCUT2D eigenvalue weighted by Crippen LogP contribution is -2.42. The summed E-state index contributed by atoms with van der Waals surface area (Å²) in [7, 11) is 0. The van der Waals surface area contributed by atoms with Gasteiger partial charge in [-0.2, -0.15) is 10.2 Å². The number of piperidine rings is 1. The van der Waals surface area contributed by atoms with Crippen LogP contribution in [0.3, 0.4) is 0 Å². The number of aromatic nitrogens is 1. The Balaban J connectivity index is 1.70. The number of carbonyl (C=O) groups is 1. The second kappa shape index (κ2) is 6.79. The summed E-state index contributed by atoms with van der Waals surface area (Å²) < 4.78 is 11.0. The van der Waals surface area contributed by atoms with Gasteiger partial charge in [0.25, 0.3) is 5.89 Å². The number of rotatable bonds is 4. The fraction of sp³-hybridized carbons (Fsp3) is 0.471. The minimum absolute atomic E-state index is 0.00153. The molecule has 1 saturated heterocycles. The minimum Gasteiger partial charge on any atom is -0.459 e. The van der Waals surface area contributed by atoms with Crippen LogP contribution in [0.4, 0.5) is 5.88 Å². The fourth-order valence-electron chi connectivity index (χ4n) is 2.85. The Morgan fingerprint density at radius 1 is 1.46 bits per heavy atom. The van der Waals surface area contributed by atoms with Gasteiger partial charge in [-0.3, -0.25) is 4.79 Å². The molecule has 0 atom stereocenters. The third-order valence-electron chi connectivity index (χ3n) is 4.03. The van der Waals surface area contributed by atoms with Gasteiger partial charge in [-0.05, 0) is 38.8 Å². The predicted molar refractivity (Wildman–Crippen MR) is 87.1 cm³/mol. The second-order valence-corrected chi connectivity index (χ2v) is 6.19. The van der Waals surface area contributed by atoms with E-state index < -0.39 is 0 Å². The van der Waals surface area contributed by atoms with E-state index in [0.29, 0.717) is 30.6 Å². The summed E-state index contributed by atoms with van der Waals surface area (Å²) in [4.78, 5) is 18.3. The first-order chi connectivity index (χ1) is 11.6. The maximum Gasteiger partial charge on any atom is 0.266 e. The number of nitriles is 1. The zero-order valence-electron chi connectivity index (χ0n) is 13.8. The van der Waals surface area contributed by atoms with Crippen LogP contribution in [0.2, 0.25) is 0 Å². The lowest BCUT2D eigenvalue weighted by molar-refractivity contribution is -0.126. The molecule has 0 bridgehead atoms. The summed E-state index contributed by atoms with van der Waals surface area (Å²) in [6.45, 7) is 5.21. The molecule has 1 aliphatic rings. The van der Waals surface area contributed by atoms with E-state index in [-0.39, 0.29) is 23.6 Å². The van der Waals surface area contributed by atoms with E-state index >= 15 is 0 Å². The largest absolute Gasteiger partial charge is 0.459 e. The van der Waals surface area contributed by atoms with Crippen molar-refractivity contribution in [1.29, 1.82) is 5.26 Å². The molecule has 1 fully saturated rings. The number of nitrogens with one attached hydrogen (secondary N) is 1. The summed E-state index contributed by atoms with van der Waals surface area (Å²) in [5, 5.41) is 12.3. The smallest absolute Gasteiger partial charge is 0.266 e. The molecule has 0 unspecified atom stereocenters. The molecule has 3 rings (SSSR count). The van der Waals surface area contributed by atoms with E-state index in [0.717, 1.165) is 12.8 Å². The summed E-state index contributed by atoms with van der Waals surface area (Å²) in [5.41, 5.74) is 0.242. The third-order valence-corrected chi connectivity index (χ3v) is 4.03. The van der Waals surface area contributed by atoms with Crippen LogP contribution in [0.5, 0.6) is 0 Å². The minimum atomic E-state index is 0.00153. The van der Waals surface area contributed by atoms with Crippen LogP contribution in [0.1, 0.15) is 32.4 Å². The Morgan fingerprint density at radius 3 is 2.79 bits per heavy atom. The highest BCUT2D eigenvalue weighted by Gasteiger charge is 2.29. The predicted octanol–water partition coefficient (Wildman–Crippen LogP) is 2.55. The number of carbonyl (C=O) groups excluding carboxylic acids is 1. The molecule has 126 valence electrons. The number of hydrogen-bond donors (Lipinski definition) is 1. The van der Waals surface area contributed by atoms with Crippen LogP contribution in [0.15, 0.2) is 27.2 Å². The quantitative estimate of drug-likeness (QED) is 0.926. The summed E-state index contributed by atoms with van der Waals surface area (Å²) in [6.07, 6.45) is 2.98. The van der Waals surface area contributed by atoms with Crippen LogP contribution in [-0.2, 0) is 4.79 Å². The molecule has 7 heteroatoms. The number of anilines is 1. The van der Waals surface area contributed by atoms with Gasteiger partial charge in [-0.1, -0.05) is 0 Å². The van der Waals surface area contributed by atoms with E-state index in [4.69, 9.17) is 8.83 Å². The summed E-state index contributed by atoms with van der Waals surface area (Å²) in [6, 6.07) is 5.69. The van der Waals surface area contributed by atoms with Gasteiger partial charge in [0.2, 0.25) is 17.5 Å². The summed E-state index contributed by atoms with van der Waals surface area (Å²) in [5.74, 6) is 1.34. The molecule has 7 nitrogen and oxygen atoms in total. The van der Waals surface area contributed by atoms with Crippen molar-refractivity contribution in [2.24, 2.45) is 5.92 Å². The molecule has 24 heavy (non-hydrogen) atoms.